The Kier molecular flexibility index (Phi) is 4.46. The monoisotopic (exact) mass is 280 g/mol. The number of ether oxygens (including phenoxy) is 1. The van der Waals surface area contributed by atoms with E-state index in [2.05, 4.69) is 15.5 Å². The molecule has 20 heavy (non-hydrogen) atoms. The third kappa shape index (κ3) is 3.02. The summed E-state index contributed by atoms with van der Waals surface area (Å²) < 4.78 is 5.25. The fraction of sp³-hybridized carbons (Fsp3) is 0.500. The van der Waals surface area contributed by atoms with Crippen LogP contribution < -0.4 is 10.9 Å². The van der Waals surface area contributed by atoms with Crippen LogP contribution in [0.5, 0.6) is 0 Å². The van der Waals surface area contributed by atoms with Gasteiger partial charge in [-0.3, -0.25) is 14.4 Å². The second-order valence-electron chi connectivity index (χ2n) is 4.29. The lowest BCUT2D eigenvalue weighted by Gasteiger charge is -2.34. The van der Waals surface area contributed by atoms with Crippen LogP contribution in [-0.4, -0.2) is 59.3 Å². The first-order chi connectivity index (χ1) is 9.63. The Morgan fingerprint density at radius 2 is 2.35 bits per heavy atom. The number of aromatic amines is 1. The minimum Gasteiger partial charge on any atom is -0.377 e. The van der Waals surface area contributed by atoms with Crippen molar-refractivity contribution in [1.82, 2.24) is 20.4 Å². The van der Waals surface area contributed by atoms with Gasteiger partial charge in [-0.1, -0.05) is 0 Å². The first-order valence-electron chi connectivity index (χ1n) is 6.35. The highest BCUT2D eigenvalue weighted by molar-refractivity contribution is 5.96. The van der Waals surface area contributed by atoms with Crippen LogP contribution in [0.3, 0.4) is 0 Å². The smallest absolute Gasteiger partial charge is 0.275 e. The molecule has 1 saturated heterocycles. The average molecular weight is 280 g/mol. The summed E-state index contributed by atoms with van der Waals surface area (Å²) in [4.78, 5) is 36.6. The highest BCUT2D eigenvalue weighted by Gasteiger charge is 2.33. The van der Waals surface area contributed by atoms with E-state index in [0.717, 1.165) is 0 Å². The van der Waals surface area contributed by atoms with E-state index < -0.39 is 11.9 Å². The van der Waals surface area contributed by atoms with Crippen LogP contribution in [0.1, 0.15) is 17.4 Å². The maximum atomic E-state index is 12.3. The number of hydrogen-bond acceptors (Lipinski definition) is 5. The molecule has 1 aromatic heterocycles. The van der Waals surface area contributed by atoms with Gasteiger partial charge in [0.25, 0.3) is 11.5 Å². The van der Waals surface area contributed by atoms with Crippen LogP contribution in [0.4, 0.5) is 0 Å². The molecule has 2 rings (SSSR count). The number of hydrogen-bond donors (Lipinski definition) is 2. The molecule has 2 N–H and O–H groups in total. The van der Waals surface area contributed by atoms with Crippen LogP contribution >= 0.6 is 0 Å². The number of carbonyl (C=O) groups excluding carboxylic acids is 2. The second kappa shape index (κ2) is 6.29. The molecule has 2 heterocycles. The van der Waals surface area contributed by atoms with Crippen molar-refractivity contribution in [3.05, 3.63) is 28.2 Å². The second-order valence-corrected chi connectivity index (χ2v) is 4.29. The lowest BCUT2D eigenvalue weighted by Crippen LogP contribution is -2.56. The van der Waals surface area contributed by atoms with Crippen LogP contribution in [0.2, 0.25) is 0 Å². The quantitative estimate of drug-likeness (QED) is 0.719. The Balaban J connectivity index is 2.18. The van der Waals surface area contributed by atoms with Gasteiger partial charge in [0, 0.05) is 19.2 Å². The lowest BCUT2D eigenvalue weighted by atomic mass is 10.2. The van der Waals surface area contributed by atoms with Gasteiger partial charge >= 0.3 is 0 Å². The zero-order valence-electron chi connectivity index (χ0n) is 11.1. The van der Waals surface area contributed by atoms with E-state index in [1.54, 1.807) is 6.92 Å². The number of morpholine rings is 1. The minimum absolute atomic E-state index is 0.0980. The van der Waals surface area contributed by atoms with E-state index in [9.17, 15) is 14.4 Å². The molecule has 0 aliphatic carbocycles. The highest BCUT2D eigenvalue weighted by atomic mass is 16.5. The molecular weight excluding hydrogens is 264 g/mol. The van der Waals surface area contributed by atoms with Gasteiger partial charge < -0.3 is 15.0 Å². The first-order valence-corrected chi connectivity index (χ1v) is 6.35. The number of amides is 2. The SMILES string of the molecule is CCNC(=O)C1COCCN1C(=O)c1ccc(=O)[nH]n1. The van der Waals surface area contributed by atoms with Crippen LogP contribution in [0.25, 0.3) is 0 Å². The molecule has 1 unspecified atom stereocenters. The molecule has 0 saturated carbocycles. The molecule has 0 bridgehead atoms. The van der Waals surface area contributed by atoms with Crippen LogP contribution in [0, 0.1) is 0 Å². The molecule has 2 amide bonds. The van der Waals surface area contributed by atoms with E-state index in [1.165, 1.54) is 17.0 Å². The first kappa shape index (κ1) is 14.2. The Morgan fingerprint density at radius 1 is 1.55 bits per heavy atom. The number of nitrogens with one attached hydrogen (secondary N) is 2. The lowest BCUT2D eigenvalue weighted by molar-refractivity contribution is -0.130. The van der Waals surface area contributed by atoms with Gasteiger partial charge in [0.2, 0.25) is 5.91 Å². The number of H-pyrrole nitrogens is 1. The molecule has 0 radical (unpaired) electrons. The van der Waals surface area contributed by atoms with E-state index in [4.69, 9.17) is 4.74 Å². The summed E-state index contributed by atoms with van der Waals surface area (Å²) in [5.74, 6) is -0.661. The Hall–Kier alpha value is -2.22. The summed E-state index contributed by atoms with van der Waals surface area (Å²) in [5, 5.41) is 8.57. The van der Waals surface area contributed by atoms with Crippen molar-refractivity contribution < 1.29 is 14.3 Å². The van der Waals surface area contributed by atoms with Gasteiger partial charge in [-0.15, -0.1) is 0 Å². The van der Waals surface area contributed by atoms with Gasteiger partial charge in [-0.25, -0.2) is 5.10 Å². The average Bonchev–Trinajstić information content (AvgIpc) is 2.47. The fourth-order valence-electron chi connectivity index (χ4n) is 1.97. The zero-order valence-corrected chi connectivity index (χ0v) is 11.1. The van der Waals surface area contributed by atoms with Gasteiger partial charge in [-0.05, 0) is 13.0 Å². The van der Waals surface area contributed by atoms with E-state index >= 15 is 0 Å². The van der Waals surface area contributed by atoms with Crippen molar-refractivity contribution in [3.63, 3.8) is 0 Å². The number of rotatable bonds is 3. The summed E-state index contributed by atoms with van der Waals surface area (Å²) in [6, 6.07) is 1.89. The molecular formula is C12H16N4O4. The van der Waals surface area contributed by atoms with Crippen molar-refractivity contribution in [1.29, 1.82) is 0 Å². The minimum atomic E-state index is -0.676. The predicted molar refractivity (Wildman–Crippen MR) is 69.2 cm³/mol. The molecule has 1 aliphatic rings. The predicted octanol–water partition coefficient (Wildman–Crippen LogP) is -1.25. The van der Waals surface area contributed by atoms with E-state index in [0.29, 0.717) is 19.7 Å². The standard InChI is InChI=1S/C12H16N4O4/c1-2-13-11(18)9-7-20-6-5-16(9)12(19)8-3-4-10(17)15-14-8/h3-4,9H,2,5-7H2,1H3,(H,13,18)(H,15,17). The molecule has 108 valence electrons. The third-order valence-corrected chi connectivity index (χ3v) is 2.94. The number of carbonyl (C=O) groups is 2. The van der Waals surface area contributed by atoms with Gasteiger partial charge in [0.1, 0.15) is 11.7 Å². The fourth-order valence-corrected chi connectivity index (χ4v) is 1.97. The Bertz CT molecular complexity index is 536. The largest absolute Gasteiger partial charge is 0.377 e. The summed E-state index contributed by atoms with van der Waals surface area (Å²) in [5.41, 5.74) is -0.287. The molecule has 8 nitrogen and oxygen atoms in total. The summed E-state index contributed by atoms with van der Waals surface area (Å²) in [6.07, 6.45) is 0. The van der Waals surface area contributed by atoms with Gasteiger partial charge in [-0.2, -0.15) is 5.10 Å². The third-order valence-electron chi connectivity index (χ3n) is 2.94. The summed E-state index contributed by atoms with van der Waals surface area (Å²) in [7, 11) is 0. The maximum absolute atomic E-state index is 12.3. The Labute approximate surface area is 115 Å². The van der Waals surface area contributed by atoms with Crippen molar-refractivity contribution in [3.8, 4) is 0 Å². The van der Waals surface area contributed by atoms with Crippen molar-refractivity contribution in [2.24, 2.45) is 0 Å². The van der Waals surface area contributed by atoms with Crippen LogP contribution in [-0.2, 0) is 9.53 Å². The van der Waals surface area contributed by atoms with Crippen molar-refractivity contribution in [2.75, 3.05) is 26.3 Å². The zero-order chi connectivity index (χ0) is 14.5. The molecule has 1 fully saturated rings. The number of likely N-dealkylation sites (N-methyl/N-ethyl adjacent to an activating group) is 1. The van der Waals surface area contributed by atoms with Gasteiger partial charge in [0.05, 0.1) is 13.2 Å². The van der Waals surface area contributed by atoms with E-state index in [1.807, 2.05) is 0 Å². The molecule has 1 aromatic rings. The van der Waals surface area contributed by atoms with Gasteiger partial charge in [0.15, 0.2) is 0 Å². The highest BCUT2D eigenvalue weighted by Crippen LogP contribution is 2.11. The topological polar surface area (TPSA) is 104 Å². The molecule has 0 aromatic carbocycles. The molecule has 1 aliphatic heterocycles. The maximum Gasteiger partial charge on any atom is 0.275 e. The van der Waals surface area contributed by atoms with E-state index in [-0.39, 0.29) is 23.8 Å². The Morgan fingerprint density at radius 3 is 3.00 bits per heavy atom. The summed E-state index contributed by atoms with van der Waals surface area (Å²) >= 11 is 0. The number of nitrogens with zero attached hydrogens (tertiary/aromatic N) is 2. The van der Waals surface area contributed by atoms with Crippen molar-refractivity contribution >= 4 is 11.8 Å². The number of aromatic nitrogens is 2. The van der Waals surface area contributed by atoms with Crippen LogP contribution in [0.15, 0.2) is 16.9 Å². The molecule has 1 atom stereocenters. The molecule has 0 spiro atoms. The van der Waals surface area contributed by atoms with Crippen molar-refractivity contribution in [2.45, 2.75) is 13.0 Å². The molecule has 8 heteroatoms. The summed E-state index contributed by atoms with van der Waals surface area (Å²) in [6.45, 7) is 3.11. The normalized spacial score (nSPS) is 18.6.